The second-order valence-electron chi connectivity index (χ2n) is 6.08. The maximum absolute atomic E-state index is 12.7. The summed E-state index contributed by atoms with van der Waals surface area (Å²) in [5.41, 5.74) is 2.97. The summed E-state index contributed by atoms with van der Waals surface area (Å²) in [4.78, 5) is 25.4. The highest BCUT2D eigenvalue weighted by Crippen LogP contribution is 2.23. The Balaban J connectivity index is 1.87. The Bertz CT molecular complexity index is 1050. The van der Waals surface area contributed by atoms with Crippen LogP contribution in [0.4, 0.5) is 11.4 Å². The molecule has 2 N–H and O–H groups in total. The van der Waals surface area contributed by atoms with Crippen LogP contribution in [0.5, 0.6) is 0 Å². The highest BCUT2D eigenvalue weighted by atomic mass is 79.9. The van der Waals surface area contributed by atoms with E-state index in [0.717, 1.165) is 5.69 Å². The molecule has 0 aliphatic heterocycles. The van der Waals surface area contributed by atoms with Gasteiger partial charge >= 0.3 is 0 Å². The SMILES string of the molecule is Cc1nn(C)c(C(=O)Nc2cnn(C)c2C(=O)Nc2cnn(C)c2C)c1Br. The van der Waals surface area contributed by atoms with Gasteiger partial charge in [-0.3, -0.25) is 23.6 Å². The predicted octanol–water partition coefficient (Wildman–Crippen LogP) is 1.77. The third-order valence-electron chi connectivity index (χ3n) is 4.25. The molecule has 0 spiro atoms. The third kappa shape index (κ3) is 3.37. The molecule has 2 amide bonds. The molecule has 0 saturated heterocycles. The number of aromatic nitrogens is 6. The number of nitrogens with one attached hydrogen (secondary N) is 2. The molecule has 10 nitrogen and oxygen atoms in total. The van der Waals surface area contributed by atoms with Crippen LogP contribution in [-0.2, 0) is 21.1 Å². The van der Waals surface area contributed by atoms with Crippen LogP contribution in [0.15, 0.2) is 16.9 Å². The Kier molecular flexibility index (Phi) is 4.87. The number of rotatable bonds is 4. The zero-order chi connectivity index (χ0) is 19.9. The van der Waals surface area contributed by atoms with E-state index < -0.39 is 11.8 Å². The highest BCUT2D eigenvalue weighted by Gasteiger charge is 2.23. The van der Waals surface area contributed by atoms with Crippen molar-refractivity contribution in [3.8, 4) is 0 Å². The summed E-state index contributed by atoms with van der Waals surface area (Å²) in [6.07, 6.45) is 3.00. The van der Waals surface area contributed by atoms with Crippen LogP contribution in [0.1, 0.15) is 32.4 Å². The van der Waals surface area contributed by atoms with Crippen LogP contribution in [0.3, 0.4) is 0 Å². The first-order valence-corrected chi connectivity index (χ1v) is 8.82. The van der Waals surface area contributed by atoms with Gasteiger partial charge in [0.1, 0.15) is 11.4 Å². The standard InChI is InChI=1S/C16H19BrN8O2/c1-8-12(17)14(25(5)22-8)16(27)21-11-7-19-24(4)13(11)15(26)20-10-6-18-23(3)9(10)2/h6-7H,1-5H3,(H,20,26)(H,21,27). The Hall–Kier alpha value is -2.95. The smallest absolute Gasteiger partial charge is 0.276 e. The number of carbonyl (C=O) groups is 2. The maximum Gasteiger partial charge on any atom is 0.276 e. The molecule has 0 fully saturated rings. The van der Waals surface area contributed by atoms with Crippen LogP contribution in [0, 0.1) is 13.8 Å². The van der Waals surface area contributed by atoms with Crippen LogP contribution >= 0.6 is 15.9 Å². The number of amides is 2. The fourth-order valence-corrected chi connectivity index (χ4v) is 3.18. The second-order valence-corrected chi connectivity index (χ2v) is 6.87. The molecule has 27 heavy (non-hydrogen) atoms. The lowest BCUT2D eigenvalue weighted by molar-refractivity contribution is 0.101. The predicted molar refractivity (Wildman–Crippen MR) is 103 cm³/mol. The zero-order valence-corrected chi connectivity index (χ0v) is 17.1. The summed E-state index contributed by atoms with van der Waals surface area (Å²) in [5, 5.41) is 17.9. The second kappa shape index (κ2) is 6.99. The first-order valence-electron chi connectivity index (χ1n) is 8.03. The Morgan fingerprint density at radius 2 is 1.44 bits per heavy atom. The van der Waals surface area contributed by atoms with E-state index >= 15 is 0 Å². The summed E-state index contributed by atoms with van der Waals surface area (Å²) in [5.74, 6) is -0.800. The Labute approximate surface area is 163 Å². The van der Waals surface area contributed by atoms with Crippen LogP contribution in [0.25, 0.3) is 0 Å². The molecule has 0 radical (unpaired) electrons. The maximum atomic E-state index is 12.7. The van der Waals surface area contributed by atoms with E-state index in [4.69, 9.17) is 0 Å². The summed E-state index contributed by atoms with van der Waals surface area (Å²) < 4.78 is 5.14. The lowest BCUT2D eigenvalue weighted by Gasteiger charge is -2.09. The van der Waals surface area contributed by atoms with E-state index in [0.29, 0.717) is 27.2 Å². The van der Waals surface area contributed by atoms with Crippen molar-refractivity contribution in [1.82, 2.24) is 29.3 Å². The molecule has 0 atom stereocenters. The molecule has 0 aromatic carbocycles. The van der Waals surface area contributed by atoms with Crippen molar-refractivity contribution in [1.29, 1.82) is 0 Å². The number of aryl methyl sites for hydroxylation is 4. The minimum Gasteiger partial charge on any atom is -0.318 e. The van der Waals surface area contributed by atoms with E-state index in [1.165, 1.54) is 15.6 Å². The molecule has 3 rings (SSSR count). The molecule has 0 bridgehead atoms. The van der Waals surface area contributed by atoms with E-state index in [1.54, 1.807) is 38.9 Å². The lowest BCUT2D eigenvalue weighted by atomic mass is 10.3. The van der Waals surface area contributed by atoms with Crippen molar-refractivity contribution >= 4 is 39.1 Å². The number of halogens is 1. The molecule has 0 aliphatic carbocycles. The molecule has 0 saturated carbocycles. The molecule has 11 heteroatoms. The van der Waals surface area contributed by atoms with Gasteiger partial charge in [0.2, 0.25) is 0 Å². The van der Waals surface area contributed by atoms with Crippen molar-refractivity contribution in [3.05, 3.63) is 39.6 Å². The van der Waals surface area contributed by atoms with Gasteiger partial charge in [-0.25, -0.2) is 0 Å². The van der Waals surface area contributed by atoms with Gasteiger partial charge in [-0.2, -0.15) is 15.3 Å². The molecule has 0 unspecified atom stereocenters. The topological polar surface area (TPSA) is 112 Å². The first kappa shape index (κ1) is 18.8. The van der Waals surface area contributed by atoms with E-state index in [-0.39, 0.29) is 5.69 Å². The fraction of sp³-hybridized carbons (Fsp3) is 0.312. The van der Waals surface area contributed by atoms with Gasteiger partial charge < -0.3 is 10.6 Å². The van der Waals surface area contributed by atoms with Crippen molar-refractivity contribution in [2.75, 3.05) is 10.6 Å². The van der Waals surface area contributed by atoms with Crippen molar-refractivity contribution in [2.24, 2.45) is 21.1 Å². The van der Waals surface area contributed by atoms with E-state index in [9.17, 15) is 9.59 Å². The number of anilines is 2. The monoisotopic (exact) mass is 434 g/mol. The number of hydrogen-bond donors (Lipinski definition) is 2. The van der Waals surface area contributed by atoms with Gasteiger partial charge in [0.25, 0.3) is 11.8 Å². The molecule has 3 heterocycles. The quantitative estimate of drug-likeness (QED) is 0.649. The number of carbonyl (C=O) groups excluding carboxylic acids is 2. The third-order valence-corrected chi connectivity index (χ3v) is 5.20. The molecular weight excluding hydrogens is 416 g/mol. The summed E-state index contributed by atoms with van der Waals surface area (Å²) >= 11 is 3.37. The number of nitrogens with zero attached hydrogens (tertiary/aromatic N) is 6. The fourth-order valence-electron chi connectivity index (χ4n) is 2.66. The van der Waals surface area contributed by atoms with Gasteiger partial charge in [-0.05, 0) is 29.8 Å². The van der Waals surface area contributed by atoms with Crippen LogP contribution in [0.2, 0.25) is 0 Å². The van der Waals surface area contributed by atoms with Gasteiger partial charge in [0.15, 0.2) is 0 Å². The average molecular weight is 435 g/mol. The summed E-state index contributed by atoms with van der Waals surface area (Å²) in [7, 11) is 5.09. The molecule has 0 aliphatic rings. The lowest BCUT2D eigenvalue weighted by Crippen LogP contribution is -2.21. The van der Waals surface area contributed by atoms with Crippen LogP contribution < -0.4 is 10.6 Å². The minimum atomic E-state index is -0.401. The molecule has 3 aromatic heterocycles. The van der Waals surface area contributed by atoms with Gasteiger partial charge in [0.05, 0.1) is 39.6 Å². The van der Waals surface area contributed by atoms with E-state index in [2.05, 4.69) is 41.9 Å². The van der Waals surface area contributed by atoms with Crippen molar-refractivity contribution in [2.45, 2.75) is 13.8 Å². The van der Waals surface area contributed by atoms with E-state index in [1.807, 2.05) is 6.92 Å². The summed E-state index contributed by atoms with van der Waals surface area (Å²) in [6.45, 7) is 3.64. The molecule has 142 valence electrons. The van der Waals surface area contributed by atoms with Gasteiger partial charge in [-0.1, -0.05) is 0 Å². The highest BCUT2D eigenvalue weighted by molar-refractivity contribution is 9.10. The van der Waals surface area contributed by atoms with Crippen molar-refractivity contribution < 1.29 is 9.59 Å². The van der Waals surface area contributed by atoms with Crippen LogP contribution in [-0.4, -0.2) is 41.2 Å². The van der Waals surface area contributed by atoms with Gasteiger partial charge in [0, 0.05) is 21.1 Å². The zero-order valence-electron chi connectivity index (χ0n) is 15.5. The first-order chi connectivity index (χ1) is 12.7. The molecule has 3 aromatic rings. The summed E-state index contributed by atoms with van der Waals surface area (Å²) in [6, 6.07) is 0. The Morgan fingerprint density at radius 1 is 0.889 bits per heavy atom. The van der Waals surface area contributed by atoms with Gasteiger partial charge in [-0.15, -0.1) is 0 Å². The average Bonchev–Trinajstić information content (AvgIpc) is 3.19. The minimum absolute atomic E-state index is 0.224. The normalized spacial score (nSPS) is 10.9. The Morgan fingerprint density at radius 3 is 2.00 bits per heavy atom. The largest absolute Gasteiger partial charge is 0.318 e. The molecular formula is C16H19BrN8O2. The number of hydrogen-bond acceptors (Lipinski definition) is 5. The van der Waals surface area contributed by atoms with Crippen molar-refractivity contribution in [3.63, 3.8) is 0 Å².